The first-order chi connectivity index (χ1) is 8.54. The van der Waals surface area contributed by atoms with E-state index in [1.165, 1.54) is 12.8 Å². The second-order valence-electron chi connectivity index (χ2n) is 6.42. The highest BCUT2D eigenvalue weighted by Gasteiger charge is 2.34. The summed E-state index contributed by atoms with van der Waals surface area (Å²) in [5, 5.41) is 4.08. The maximum absolute atomic E-state index is 6.14. The highest BCUT2D eigenvalue weighted by molar-refractivity contribution is 5.85. The Labute approximate surface area is 120 Å². The van der Waals surface area contributed by atoms with Crippen molar-refractivity contribution < 1.29 is 4.52 Å². The van der Waals surface area contributed by atoms with E-state index in [4.69, 9.17) is 10.3 Å². The molecule has 0 spiro atoms. The van der Waals surface area contributed by atoms with E-state index in [2.05, 4.69) is 28.9 Å². The van der Waals surface area contributed by atoms with Crippen LogP contribution in [0.5, 0.6) is 0 Å². The van der Waals surface area contributed by atoms with Gasteiger partial charge in [0.05, 0.1) is 6.54 Å². The quantitative estimate of drug-likeness (QED) is 0.919. The molecule has 1 unspecified atom stereocenters. The largest absolute Gasteiger partial charge is 0.339 e. The van der Waals surface area contributed by atoms with Crippen molar-refractivity contribution in [3.8, 4) is 0 Å². The van der Waals surface area contributed by atoms with E-state index in [1.807, 2.05) is 0 Å². The number of halogens is 1. The van der Waals surface area contributed by atoms with Crippen molar-refractivity contribution in [1.29, 1.82) is 0 Å². The van der Waals surface area contributed by atoms with Gasteiger partial charge in [0.25, 0.3) is 0 Å². The fourth-order valence-electron chi connectivity index (χ4n) is 2.65. The number of rotatable bonds is 3. The first kappa shape index (κ1) is 14.8. The second kappa shape index (κ2) is 5.38. The zero-order valence-corrected chi connectivity index (χ0v) is 12.4. The van der Waals surface area contributed by atoms with Gasteiger partial charge in [-0.3, -0.25) is 4.90 Å². The molecule has 6 heteroatoms. The van der Waals surface area contributed by atoms with Gasteiger partial charge in [-0.2, -0.15) is 4.98 Å². The number of aromatic nitrogens is 2. The van der Waals surface area contributed by atoms with Gasteiger partial charge in [-0.05, 0) is 24.7 Å². The van der Waals surface area contributed by atoms with Crippen molar-refractivity contribution in [3.05, 3.63) is 11.7 Å². The molecule has 5 nitrogen and oxygen atoms in total. The van der Waals surface area contributed by atoms with Crippen LogP contribution in [0.25, 0.3) is 0 Å². The maximum atomic E-state index is 6.14. The van der Waals surface area contributed by atoms with Gasteiger partial charge in [0.15, 0.2) is 5.82 Å². The summed E-state index contributed by atoms with van der Waals surface area (Å²) in [7, 11) is 0. The van der Waals surface area contributed by atoms with E-state index >= 15 is 0 Å². The minimum Gasteiger partial charge on any atom is -0.339 e. The molecule has 2 heterocycles. The van der Waals surface area contributed by atoms with Crippen molar-refractivity contribution >= 4 is 12.4 Å². The van der Waals surface area contributed by atoms with E-state index in [1.54, 1.807) is 0 Å². The van der Waals surface area contributed by atoms with Crippen molar-refractivity contribution in [2.75, 3.05) is 13.1 Å². The molecule has 1 saturated carbocycles. The highest BCUT2D eigenvalue weighted by Crippen LogP contribution is 2.39. The molecule has 1 aromatic heterocycles. The summed E-state index contributed by atoms with van der Waals surface area (Å²) in [5.41, 5.74) is 6.31. The molecule has 0 amide bonds. The summed E-state index contributed by atoms with van der Waals surface area (Å²) >= 11 is 0. The normalized spacial score (nSPS) is 27.0. The van der Waals surface area contributed by atoms with Crippen LogP contribution in [0.3, 0.4) is 0 Å². The van der Waals surface area contributed by atoms with E-state index < -0.39 is 0 Å². The van der Waals surface area contributed by atoms with Crippen LogP contribution >= 0.6 is 12.4 Å². The fourth-order valence-corrected chi connectivity index (χ4v) is 2.65. The van der Waals surface area contributed by atoms with Gasteiger partial charge in [0, 0.05) is 25.0 Å². The molecule has 2 fully saturated rings. The average Bonchev–Trinajstić information content (AvgIpc) is 3.05. The first-order valence-corrected chi connectivity index (χ1v) is 6.85. The van der Waals surface area contributed by atoms with Crippen molar-refractivity contribution in [3.63, 3.8) is 0 Å². The Morgan fingerprint density at radius 3 is 2.74 bits per heavy atom. The van der Waals surface area contributed by atoms with Gasteiger partial charge in [0.1, 0.15) is 0 Å². The van der Waals surface area contributed by atoms with Crippen molar-refractivity contribution in [1.82, 2.24) is 15.0 Å². The monoisotopic (exact) mass is 286 g/mol. The first-order valence-electron chi connectivity index (χ1n) is 6.85. The third kappa shape index (κ3) is 3.27. The Hall–Kier alpha value is -0.650. The van der Waals surface area contributed by atoms with Gasteiger partial charge < -0.3 is 10.3 Å². The summed E-state index contributed by atoms with van der Waals surface area (Å²) in [6, 6.07) is 0.293. The topological polar surface area (TPSA) is 68.2 Å². The van der Waals surface area contributed by atoms with Gasteiger partial charge >= 0.3 is 0 Å². The minimum absolute atomic E-state index is 0. The Kier molecular flexibility index (Phi) is 4.18. The summed E-state index contributed by atoms with van der Waals surface area (Å²) < 4.78 is 5.29. The molecular formula is C13H23ClN4O. The lowest BCUT2D eigenvalue weighted by Crippen LogP contribution is -2.52. The molecule has 1 atom stereocenters. The molecule has 1 aliphatic carbocycles. The second-order valence-corrected chi connectivity index (χ2v) is 6.42. The molecule has 19 heavy (non-hydrogen) atoms. The fraction of sp³-hybridized carbons (Fsp3) is 0.846. The van der Waals surface area contributed by atoms with Gasteiger partial charge in [-0.1, -0.05) is 19.0 Å². The van der Waals surface area contributed by atoms with E-state index in [0.717, 1.165) is 37.8 Å². The standard InChI is InChI=1S/C13H22N4O.ClH/c1-13(2)8-17(6-5-10(13)14)7-11-15-12(18-16-11)9-3-4-9;/h9-10H,3-8,14H2,1-2H3;1H. The Bertz CT molecular complexity index is 430. The zero-order chi connectivity index (χ0) is 12.8. The molecule has 2 aliphatic rings. The molecular weight excluding hydrogens is 264 g/mol. The summed E-state index contributed by atoms with van der Waals surface area (Å²) in [6.45, 7) is 7.27. The third-order valence-electron chi connectivity index (χ3n) is 4.17. The molecule has 3 rings (SSSR count). The highest BCUT2D eigenvalue weighted by atomic mass is 35.5. The lowest BCUT2D eigenvalue weighted by molar-refractivity contribution is 0.0872. The Morgan fingerprint density at radius 2 is 2.11 bits per heavy atom. The summed E-state index contributed by atoms with van der Waals surface area (Å²) in [6.07, 6.45) is 3.45. The van der Waals surface area contributed by atoms with Crippen LogP contribution in [-0.4, -0.2) is 34.2 Å². The average molecular weight is 287 g/mol. The van der Waals surface area contributed by atoms with Gasteiger partial charge in [-0.15, -0.1) is 12.4 Å². The maximum Gasteiger partial charge on any atom is 0.229 e. The van der Waals surface area contributed by atoms with Crippen LogP contribution in [-0.2, 0) is 6.54 Å². The van der Waals surface area contributed by atoms with Crippen molar-refractivity contribution in [2.24, 2.45) is 11.1 Å². The molecule has 0 bridgehead atoms. The van der Waals surface area contributed by atoms with Crippen LogP contribution < -0.4 is 5.73 Å². The number of hydrogen-bond donors (Lipinski definition) is 1. The number of nitrogens with zero attached hydrogens (tertiary/aromatic N) is 3. The summed E-state index contributed by atoms with van der Waals surface area (Å²) in [4.78, 5) is 6.86. The van der Waals surface area contributed by atoms with Crippen LogP contribution in [0.15, 0.2) is 4.52 Å². The lowest BCUT2D eigenvalue weighted by atomic mass is 9.80. The number of hydrogen-bond acceptors (Lipinski definition) is 5. The van der Waals surface area contributed by atoms with E-state index in [9.17, 15) is 0 Å². The predicted molar refractivity (Wildman–Crippen MR) is 75.2 cm³/mol. The van der Waals surface area contributed by atoms with E-state index in [0.29, 0.717) is 12.0 Å². The summed E-state index contributed by atoms with van der Waals surface area (Å²) in [5.74, 6) is 2.19. The van der Waals surface area contributed by atoms with Crippen LogP contribution in [0, 0.1) is 5.41 Å². The lowest BCUT2D eigenvalue weighted by Gasteiger charge is -2.42. The van der Waals surface area contributed by atoms with Gasteiger partial charge in [-0.25, -0.2) is 0 Å². The Balaban J connectivity index is 0.00000133. The molecule has 1 saturated heterocycles. The van der Waals surface area contributed by atoms with E-state index in [-0.39, 0.29) is 17.8 Å². The number of piperidine rings is 1. The van der Waals surface area contributed by atoms with Crippen molar-refractivity contribution in [2.45, 2.75) is 51.6 Å². The number of likely N-dealkylation sites (tertiary alicyclic amines) is 1. The molecule has 108 valence electrons. The smallest absolute Gasteiger partial charge is 0.229 e. The third-order valence-corrected chi connectivity index (χ3v) is 4.17. The van der Waals surface area contributed by atoms with Crippen LogP contribution in [0.1, 0.15) is 50.7 Å². The minimum atomic E-state index is 0. The zero-order valence-electron chi connectivity index (χ0n) is 11.6. The van der Waals surface area contributed by atoms with Crippen LogP contribution in [0.2, 0.25) is 0 Å². The molecule has 0 aromatic carbocycles. The predicted octanol–water partition coefficient (Wildman–Crippen LogP) is 1.93. The molecule has 0 radical (unpaired) electrons. The Morgan fingerprint density at radius 1 is 1.37 bits per heavy atom. The number of nitrogens with two attached hydrogens (primary N) is 1. The molecule has 1 aromatic rings. The van der Waals surface area contributed by atoms with Crippen LogP contribution in [0.4, 0.5) is 0 Å². The molecule has 2 N–H and O–H groups in total. The SMILES string of the molecule is CC1(C)CN(Cc2noc(C3CC3)n2)CCC1N.Cl. The van der Waals surface area contributed by atoms with Gasteiger partial charge in [0.2, 0.25) is 5.89 Å². The molecule has 1 aliphatic heterocycles.